The van der Waals surface area contributed by atoms with E-state index in [0.29, 0.717) is 35.1 Å². The summed E-state index contributed by atoms with van der Waals surface area (Å²) in [6, 6.07) is 10.6. The zero-order chi connectivity index (χ0) is 25.0. The molecule has 1 aromatic carbocycles. The van der Waals surface area contributed by atoms with Crippen molar-refractivity contribution in [1.82, 2.24) is 9.62 Å². The molecule has 0 aliphatic carbocycles. The van der Waals surface area contributed by atoms with E-state index in [4.69, 9.17) is 4.74 Å². The fraction of sp³-hybridized carbons (Fsp3) is 0.348. The molecule has 1 saturated heterocycles. The number of thiophene rings is 1. The summed E-state index contributed by atoms with van der Waals surface area (Å²) in [6.07, 6.45) is 0.184. The van der Waals surface area contributed by atoms with Crippen LogP contribution in [-0.4, -0.2) is 56.6 Å². The van der Waals surface area contributed by atoms with Gasteiger partial charge in [-0.3, -0.25) is 9.59 Å². The summed E-state index contributed by atoms with van der Waals surface area (Å²) in [5.74, 6) is -0.972. The number of hydrogen-bond donors (Lipinski definition) is 2. The number of nitrogens with zero attached hydrogens (tertiary/aromatic N) is 2. The first-order valence-electron chi connectivity index (χ1n) is 10.9. The molecule has 1 unspecified atom stereocenters. The molecular formula is C23H24N4O5S3. The zero-order valence-corrected chi connectivity index (χ0v) is 21.4. The first-order valence-corrected chi connectivity index (χ1v) is 14.2. The van der Waals surface area contributed by atoms with Crippen molar-refractivity contribution in [2.24, 2.45) is 0 Å². The molecule has 0 spiro atoms. The molecule has 2 aliphatic rings. The number of carbonyl (C=O) groups is 2. The number of allylic oxidation sites excluding steroid dienone is 1. The number of anilines is 1. The van der Waals surface area contributed by atoms with Gasteiger partial charge in [0.1, 0.15) is 0 Å². The van der Waals surface area contributed by atoms with Crippen molar-refractivity contribution in [3.63, 3.8) is 0 Å². The molecule has 2 aromatic rings. The lowest BCUT2D eigenvalue weighted by Crippen LogP contribution is -2.40. The first-order chi connectivity index (χ1) is 16.8. The van der Waals surface area contributed by atoms with Crippen LogP contribution in [0.3, 0.4) is 0 Å². The maximum Gasteiger partial charge on any atom is 0.243 e. The average molecular weight is 533 g/mol. The summed E-state index contributed by atoms with van der Waals surface area (Å²) in [6.45, 7) is 3.02. The molecule has 35 heavy (non-hydrogen) atoms. The van der Waals surface area contributed by atoms with E-state index in [0.717, 1.165) is 16.6 Å². The number of hydrogen-bond acceptors (Lipinski definition) is 8. The van der Waals surface area contributed by atoms with Crippen LogP contribution in [0.1, 0.15) is 22.8 Å². The van der Waals surface area contributed by atoms with Crippen LogP contribution in [0.15, 0.2) is 51.2 Å². The molecule has 1 aromatic heterocycles. The molecule has 2 aliphatic heterocycles. The summed E-state index contributed by atoms with van der Waals surface area (Å²) < 4.78 is 32.6. The van der Waals surface area contributed by atoms with E-state index in [9.17, 15) is 23.3 Å². The molecule has 2 amide bonds. The quantitative estimate of drug-likeness (QED) is 0.561. The normalized spacial score (nSPS) is 19.2. The van der Waals surface area contributed by atoms with Gasteiger partial charge in [0, 0.05) is 36.0 Å². The first kappa shape index (κ1) is 25.4. The van der Waals surface area contributed by atoms with Gasteiger partial charge >= 0.3 is 0 Å². The van der Waals surface area contributed by atoms with Crippen LogP contribution in [0.2, 0.25) is 0 Å². The Bertz CT molecular complexity index is 1290. The Morgan fingerprint density at radius 1 is 1.34 bits per heavy atom. The number of nitriles is 1. The van der Waals surface area contributed by atoms with Gasteiger partial charge in [-0.05, 0) is 36.1 Å². The SMILES string of the molecule is Cc1ccc(S(=O)(=O)N2CCOCC2)cc1NC(=O)CSC1=C(C#N)C(c2cccs2)CC(=O)N1. The number of thioether (sulfide) groups is 1. The fourth-order valence-electron chi connectivity index (χ4n) is 3.82. The molecule has 0 saturated carbocycles. The van der Waals surface area contributed by atoms with Crippen LogP contribution in [-0.2, 0) is 24.3 Å². The molecular weight excluding hydrogens is 508 g/mol. The highest BCUT2D eigenvalue weighted by atomic mass is 32.2. The second-order valence-corrected chi connectivity index (χ2v) is 11.9. The number of ether oxygens (including phenoxy) is 1. The van der Waals surface area contributed by atoms with Gasteiger partial charge in [0.25, 0.3) is 0 Å². The van der Waals surface area contributed by atoms with Crippen LogP contribution < -0.4 is 10.6 Å². The van der Waals surface area contributed by atoms with Gasteiger partial charge in [-0.15, -0.1) is 11.3 Å². The lowest BCUT2D eigenvalue weighted by molar-refractivity contribution is -0.121. The molecule has 2 N–H and O–H groups in total. The minimum Gasteiger partial charge on any atom is -0.379 e. The third-order valence-corrected chi connectivity index (χ3v) is 9.58. The lowest BCUT2D eigenvalue weighted by atomic mass is 9.93. The Morgan fingerprint density at radius 2 is 2.11 bits per heavy atom. The molecule has 3 heterocycles. The van der Waals surface area contributed by atoms with E-state index in [1.165, 1.54) is 27.8 Å². The lowest BCUT2D eigenvalue weighted by Gasteiger charge is -2.26. The summed E-state index contributed by atoms with van der Waals surface area (Å²) in [5.41, 5.74) is 1.54. The zero-order valence-electron chi connectivity index (χ0n) is 18.9. The maximum atomic E-state index is 13.0. The molecule has 12 heteroatoms. The van der Waals surface area contributed by atoms with E-state index >= 15 is 0 Å². The van der Waals surface area contributed by atoms with Crippen LogP contribution in [0.5, 0.6) is 0 Å². The van der Waals surface area contributed by atoms with E-state index in [1.54, 1.807) is 13.0 Å². The van der Waals surface area contributed by atoms with Gasteiger partial charge in [-0.1, -0.05) is 23.9 Å². The second-order valence-electron chi connectivity index (χ2n) is 8.00. The number of benzene rings is 1. The van der Waals surface area contributed by atoms with Crippen molar-refractivity contribution in [3.05, 3.63) is 56.8 Å². The van der Waals surface area contributed by atoms with E-state index < -0.39 is 10.0 Å². The van der Waals surface area contributed by atoms with Crippen LogP contribution in [0, 0.1) is 18.3 Å². The highest BCUT2D eigenvalue weighted by molar-refractivity contribution is 8.03. The van der Waals surface area contributed by atoms with E-state index in [1.807, 2.05) is 17.5 Å². The highest BCUT2D eigenvalue weighted by Gasteiger charge is 2.31. The molecule has 0 radical (unpaired) electrons. The number of amides is 2. The number of rotatable bonds is 7. The topological polar surface area (TPSA) is 129 Å². The Balaban J connectivity index is 1.47. The van der Waals surface area contributed by atoms with Crippen molar-refractivity contribution in [2.45, 2.75) is 24.2 Å². The fourth-order valence-corrected chi connectivity index (χ4v) is 6.97. The second kappa shape index (κ2) is 10.9. The average Bonchev–Trinajstić information content (AvgIpc) is 3.39. The van der Waals surface area contributed by atoms with Crippen molar-refractivity contribution in [3.8, 4) is 6.07 Å². The number of sulfonamides is 1. The summed E-state index contributed by atoms with van der Waals surface area (Å²) in [5, 5.41) is 17.5. The Kier molecular flexibility index (Phi) is 7.93. The van der Waals surface area contributed by atoms with Gasteiger partial charge in [0.05, 0.1) is 40.5 Å². The third-order valence-electron chi connectivity index (χ3n) is 5.68. The van der Waals surface area contributed by atoms with Crippen molar-refractivity contribution in [1.29, 1.82) is 5.26 Å². The Labute approximate surface area is 212 Å². The Hall–Kier alpha value is -2.69. The molecule has 184 valence electrons. The molecule has 4 rings (SSSR count). The van der Waals surface area contributed by atoms with Crippen LogP contribution in [0.25, 0.3) is 0 Å². The minimum atomic E-state index is -3.70. The largest absolute Gasteiger partial charge is 0.379 e. The molecule has 9 nitrogen and oxygen atoms in total. The molecule has 1 fully saturated rings. The van der Waals surface area contributed by atoms with Gasteiger partial charge in [0.2, 0.25) is 21.8 Å². The van der Waals surface area contributed by atoms with Crippen LogP contribution >= 0.6 is 23.1 Å². The molecule has 1 atom stereocenters. The molecule has 0 bridgehead atoms. The van der Waals surface area contributed by atoms with Gasteiger partial charge < -0.3 is 15.4 Å². The van der Waals surface area contributed by atoms with Crippen molar-refractivity contribution >= 4 is 50.6 Å². The predicted molar refractivity (Wildman–Crippen MR) is 134 cm³/mol. The van der Waals surface area contributed by atoms with Crippen molar-refractivity contribution in [2.75, 3.05) is 37.4 Å². The highest BCUT2D eigenvalue weighted by Crippen LogP contribution is 2.37. The summed E-state index contributed by atoms with van der Waals surface area (Å²) in [4.78, 5) is 26.0. The number of morpholine rings is 1. The number of nitrogens with one attached hydrogen (secondary N) is 2. The number of aryl methyl sites for hydroxylation is 1. The van der Waals surface area contributed by atoms with E-state index in [-0.39, 0.29) is 47.9 Å². The summed E-state index contributed by atoms with van der Waals surface area (Å²) in [7, 11) is -3.70. The third kappa shape index (κ3) is 5.76. The standard InChI is InChI=1S/C23H24N4O5S3/c1-15-4-5-16(35(30,31)27-6-8-32-9-7-27)11-19(15)25-22(29)14-34-23-18(13-24)17(12-21(28)26-23)20-3-2-10-33-20/h2-5,10-11,17H,6-9,12,14H2,1H3,(H,25,29)(H,26,28). The van der Waals surface area contributed by atoms with Gasteiger partial charge in [-0.25, -0.2) is 8.42 Å². The maximum absolute atomic E-state index is 13.0. The monoisotopic (exact) mass is 532 g/mol. The van der Waals surface area contributed by atoms with Crippen LogP contribution in [0.4, 0.5) is 5.69 Å². The Morgan fingerprint density at radius 3 is 2.80 bits per heavy atom. The van der Waals surface area contributed by atoms with E-state index in [2.05, 4.69) is 16.7 Å². The predicted octanol–water partition coefficient (Wildman–Crippen LogP) is 2.79. The minimum absolute atomic E-state index is 0.0577. The van der Waals surface area contributed by atoms with Crippen molar-refractivity contribution < 1.29 is 22.7 Å². The summed E-state index contributed by atoms with van der Waals surface area (Å²) >= 11 is 2.56. The van der Waals surface area contributed by atoms with Gasteiger partial charge in [0.15, 0.2) is 0 Å². The van der Waals surface area contributed by atoms with Gasteiger partial charge in [-0.2, -0.15) is 9.57 Å². The number of carbonyl (C=O) groups excluding carboxylic acids is 2. The smallest absolute Gasteiger partial charge is 0.243 e.